The van der Waals surface area contributed by atoms with Crippen LogP contribution in [0.25, 0.3) is 0 Å². The molecule has 0 saturated heterocycles. The van der Waals surface area contributed by atoms with E-state index in [0.717, 1.165) is 37.7 Å². The van der Waals surface area contributed by atoms with Crippen LogP contribution in [-0.2, 0) is 9.59 Å². The molecule has 0 aliphatic heterocycles. The van der Waals surface area contributed by atoms with E-state index >= 15 is 0 Å². The zero-order valence-corrected chi connectivity index (χ0v) is 10.9. The van der Waals surface area contributed by atoms with Crippen LogP contribution in [0.4, 0.5) is 0 Å². The van der Waals surface area contributed by atoms with Gasteiger partial charge < -0.3 is 0 Å². The molecule has 0 N–H and O–H groups in total. The summed E-state index contributed by atoms with van der Waals surface area (Å²) in [6.45, 7) is 2.14. The van der Waals surface area contributed by atoms with Crippen LogP contribution < -0.4 is 0 Å². The van der Waals surface area contributed by atoms with Crippen LogP contribution in [-0.4, -0.2) is 11.6 Å². The van der Waals surface area contributed by atoms with Gasteiger partial charge in [-0.05, 0) is 25.2 Å². The number of hydrogen-bond donors (Lipinski definition) is 0. The lowest BCUT2D eigenvalue weighted by Gasteiger charge is -2.43. The lowest BCUT2D eigenvalue weighted by Crippen LogP contribution is -2.48. The molecule has 3 aliphatic carbocycles. The first-order valence-corrected chi connectivity index (χ1v) is 7.18. The molecule has 2 saturated carbocycles. The molecule has 2 heteroatoms. The minimum Gasteiger partial charge on any atom is -0.299 e. The lowest BCUT2D eigenvalue weighted by atomic mass is 9.59. The third-order valence-electron chi connectivity index (χ3n) is 5.01. The Morgan fingerprint density at radius 1 is 1.28 bits per heavy atom. The highest BCUT2D eigenvalue weighted by atomic mass is 16.1. The summed E-state index contributed by atoms with van der Waals surface area (Å²) in [5.74, 6) is 0.927. The van der Waals surface area contributed by atoms with Crippen molar-refractivity contribution in [2.24, 2.45) is 23.7 Å². The molecule has 0 heterocycles. The molecule has 0 spiro atoms. The normalized spacial score (nSPS) is 39.1. The van der Waals surface area contributed by atoms with E-state index in [-0.39, 0.29) is 23.5 Å². The van der Waals surface area contributed by atoms with Crippen LogP contribution in [0.2, 0.25) is 0 Å². The Morgan fingerprint density at radius 2 is 2.11 bits per heavy atom. The van der Waals surface area contributed by atoms with Crippen molar-refractivity contribution in [2.75, 3.05) is 0 Å². The van der Waals surface area contributed by atoms with Gasteiger partial charge in [-0.15, -0.1) is 0 Å². The zero-order chi connectivity index (χ0) is 12.7. The molecule has 4 unspecified atom stereocenters. The Morgan fingerprint density at radius 3 is 2.89 bits per heavy atom. The van der Waals surface area contributed by atoms with E-state index in [1.807, 2.05) is 18.2 Å². The fourth-order valence-corrected chi connectivity index (χ4v) is 4.07. The van der Waals surface area contributed by atoms with Crippen LogP contribution >= 0.6 is 0 Å². The molecule has 0 aromatic heterocycles. The molecule has 0 aromatic carbocycles. The van der Waals surface area contributed by atoms with Crippen LogP contribution in [0.1, 0.15) is 39.0 Å². The first-order chi connectivity index (χ1) is 8.74. The lowest BCUT2D eigenvalue weighted by molar-refractivity contribution is -0.141. The van der Waals surface area contributed by atoms with Gasteiger partial charge in [0.25, 0.3) is 0 Å². The maximum absolute atomic E-state index is 12.7. The first-order valence-electron chi connectivity index (χ1n) is 7.18. The molecule has 0 aromatic rings. The number of hydrogen-bond acceptors (Lipinski definition) is 2. The second-order valence-corrected chi connectivity index (χ2v) is 5.84. The molecular formula is C16H20O2. The van der Waals surface area contributed by atoms with Gasteiger partial charge >= 0.3 is 0 Å². The van der Waals surface area contributed by atoms with E-state index in [9.17, 15) is 9.59 Å². The molecule has 0 amide bonds. The Hall–Kier alpha value is -1.18. The number of rotatable bonds is 1. The number of allylic oxidation sites excluding steroid dienone is 4. The van der Waals surface area contributed by atoms with E-state index in [1.54, 1.807) is 0 Å². The summed E-state index contributed by atoms with van der Waals surface area (Å²) >= 11 is 0. The van der Waals surface area contributed by atoms with Crippen LogP contribution in [0.5, 0.6) is 0 Å². The molecule has 3 aliphatic rings. The maximum atomic E-state index is 12.7. The zero-order valence-electron chi connectivity index (χ0n) is 10.9. The van der Waals surface area contributed by atoms with Gasteiger partial charge in [-0.2, -0.15) is 0 Å². The van der Waals surface area contributed by atoms with E-state index in [0.29, 0.717) is 11.7 Å². The highest BCUT2D eigenvalue weighted by Crippen LogP contribution is 2.46. The average molecular weight is 244 g/mol. The van der Waals surface area contributed by atoms with E-state index in [4.69, 9.17) is 0 Å². The Labute approximate surface area is 108 Å². The second-order valence-electron chi connectivity index (χ2n) is 5.84. The van der Waals surface area contributed by atoms with Gasteiger partial charge in [0.05, 0.1) is 0 Å². The predicted molar refractivity (Wildman–Crippen MR) is 70.0 cm³/mol. The molecule has 0 bridgehead atoms. The van der Waals surface area contributed by atoms with E-state index in [1.165, 1.54) is 0 Å². The van der Waals surface area contributed by atoms with Crippen molar-refractivity contribution in [3.63, 3.8) is 0 Å². The molecule has 0 radical (unpaired) electrons. The Balaban J connectivity index is 2.00. The number of ketones is 2. The Kier molecular flexibility index (Phi) is 2.96. The molecule has 4 atom stereocenters. The minimum atomic E-state index is -0.126. The maximum Gasteiger partial charge on any atom is 0.163 e. The number of carbonyl (C=O) groups is 2. The van der Waals surface area contributed by atoms with Crippen LogP contribution in [0.3, 0.4) is 0 Å². The second kappa shape index (κ2) is 4.49. The monoisotopic (exact) mass is 244 g/mol. The van der Waals surface area contributed by atoms with Gasteiger partial charge in [0.1, 0.15) is 5.78 Å². The summed E-state index contributed by atoms with van der Waals surface area (Å²) < 4.78 is 0. The Bertz CT molecular complexity index is 444. The van der Waals surface area contributed by atoms with Crippen molar-refractivity contribution in [3.05, 3.63) is 23.8 Å². The standard InChI is InChI=1S/C16H20O2/c1-2-10-6-5-9-13-14(10)16(18)12-8-4-3-7-11(12)15(13)17/h3-4,8,10-11,13-14H,2,5-7,9H2,1H3. The minimum absolute atomic E-state index is 0.00903. The van der Waals surface area contributed by atoms with Crippen molar-refractivity contribution in [1.82, 2.24) is 0 Å². The summed E-state index contributed by atoms with van der Waals surface area (Å²) in [6.07, 6.45) is 10.7. The molecule has 2 fully saturated rings. The fraction of sp³-hybridized carbons (Fsp3) is 0.625. The van der Waals surface area contributed by atoms with Crippen LogP contribution in [0.15, 0.2) is 23.8 Å². The predicted octanol–water partition coefficient (Wildman–Crippen LogP) is 3.08. The number of carbonyl (C=O) groups excluding carboxylic acids is 2. The van der Waals surface area contributed by atoms with Gasteiger partial charge in [-0.25, -0.2) is 0 Å². The fourth-order valence-electron chi connectivity index (χ4n) is 4.07. The molecule has 3 rings (SSSR count). The van der Waals surface area contributed by atoms with Crippen molar-refractivity contribution < 1.29 is 9.59 Å². The SMILES string of the molecule is CCC1CCCC2C(=O)C3CC=CC=C3C(=O)C12. The van der Waals surface area contributed by atoms with Gasteiger partial charge in [0.15, 0.2) is 5.78 Å². The van der Waals surface area contributed by atoms with Gasteiger partial charge in [-0.1, -0.05) is 38.0 Å². The summed E-state index contributed by atoms with van der Waals surface area (Å²) in [4.78, 5) is 25.2. The molecule has 2 nitrogen and oxygen atoms in total. The van der Waals surface area contributed by atoms with Crippen molar-refractivity contribution in [3.8, 4) is 0 Å². The number of Topliss-reactive ketones (excluding diaryl/α,β-unsaturated/α-hetero) is 2. The highest BCUT2D eigenvalue weighted by molar-refractivity contribution is 6.10. The van der Waals surface area contributed by atoms with Crippen molar-refractivity contribution in [1.29, 1.82) is 0 Å². The summed E-state index contributed by atoms with van der Waals surface area (Å²) in [5, 5.41) is 0. The summed E-state index contributed by atoms with van der Waals surface area (Å²) in [7, 11) is 0. The third kappa shape index (κ3) is 1.62. The van der Waals surface area contributed by atoms with E-state index in [2.05, 4.69) is 6.92 Å². The van der Waals surface area contributed by atoms with Crippen molar-refractivity contribution >= 4 is 11.6 Å². The smallest absolute Gasteiger partial charge is 0.163 e. The summed E-state index contributed by atoms with van der Waals surface area (Å²) in [5.41, 5.74) is 0.795. The quantitative estimate of drug-likeness (QED) is 0.710. The largest absolute Gasteiger partial charge is 0.299 e. The summed E-state index contributed by atoms with van der Waals surface area (Å²) in [6, 6.07) is 0. The third-order valence-corrected chi connectivity index (χ3v) is 5.01. The number of fused-ring (bicyclic) bond motifs is 2. The first kappa shape index (κ1) is 11.9. The van der Waals surface area contributed by atoms with Gasteiger partial charge in [0, 0.05) is 23.3 Å². The molecular weight excluding hydrogens is 224 g/mol. The van der Waals surface area contributed by atoms with Crippen molar-refractivity contribution in [2.45, 2.75) is 39.0 Å². The van der Waals surface area contributed by atoms with Crippen LogP contribution in [0, 0.1) is 23.7 Å². The topological polar surface area (TPSA) is 34.1 Å². The molecule has 96 valence electrons. The molecule has 18 heavy (non-hydrogen) atoms. The van der Waals surface area contributed by atoms with E-state index < -0.39 is 0 Å². The van der Waals surface area contributed by atoms with Gasteiger partial charge in [0.2, 0.25) is 0 Å². The highest BCUT2D eigenvalue weighted by Gasteiger charge is 2.49. The van der Waals surface area contributed by atoms with Gasteiger partial charge in [-0.3, -0.25) is 9.59 Å². The average Bonchev–Trinajstić information content (AvgIpc) is 2.44.